The monoisotopic (exact) mass is 574 g/mol. The number of imide groups is 2. The van der Waals surface area contributed by atoms with E-state index < -0.39 is 33.9 Å². The summed E-state index contributed by atoms with van der Waals surface area (Å²) in [5.74, 6) is -2.66. The molecule has 38 heavy (non-hydrogen) atoms. The molecule has 0 aromatic heterocycles. The van der Waals surface area contributed by atoms with Gasteiger partial charge in [-0.2, -0.15) is 8.42 Å². The molecule has 0 radical (unpaired) electrons. The Bertz CT molecular complexity index is 1600. The maximum Gasteiger partial charge on any atom is 0.339 e. The number of halogens is 2. The average Bonchev–Trinajstić information content (AvgIpc) is 2.88. The number of hydrogen-bond donors (Lipinski definition) is 1. The molecule has 0 atom stereocenters. The van der Waals surface area contributed by atoms with Gasteiger partial charge in [-0.05, 0) is 72.3 Å². The van der Waals surface area contributed by atoms with E-state index in [1.54, 1.807) is 0 Å². The standard InChI is InChI=1S/C25H16Cl2N2O8S/c1-36-24(32)15-3-7-17(8-4-15)29-23(31)19(22(30)28-25(29)33)12-14-2-11-21(20(27)13-14)37-38(34,35)18-9-5-16(26)6-10-18/h2-13H,1H3,(H,28,30,33)/b19-12+. The van der Waals surface area contributed by atoms with Crippen LogP contribution in [0.5, 0.6) is 5.75 Å². The Morgan fingerprint density at radius 1 is 0.947 bits per heavy atom. The Hall–Kier alpha value is -4.19. The largest absolute Gasteiger partial charge is 0.465 e. The van der Waals surface area contributed by atoms with Gasteiger partial charge in [0.05, 0.1) is 23.4 Å². The van der Waals surface area contributed by atoms with Crippen molar-refractivity contribution >= 4 is 68.9 Å². The van der Waals surface area contributed by atoms with E-state index in [1.165, 1.54) is 79.9 Å². The van der Waals surface area contributed by atoms with Crippen molar-refractivity contribution in [2.24, 2.45) is 0 Å². The number of barbiturate groups is 1. The van der Waals surface area contributed by atoms with E-state index in [1.807, 2.05) is 0 Å². The zero-order valence-electron chi connectivity index (χ0n) is 19.3. The lowest BCUT2D eigenvalue weighted by atomic mass is 10.1. The molecule has 1 N–H and O–H groups in total. The Morgan fingerprint density at radius 3 is 2.21 bits per heavy atom. The van der Waals surface area contributed by atoms with Crippen molar-refractivity contribution in [3.8, 4) is 5.75 Å². The lowest BCUT2D eigenvalue weighted by molar-refractivity contribution is -0.122. The normalized spacial score (nSPS) is 14.9. The fraction of sp³-hybridized carbons (Fsp3) is 0.0400. The second-order valence-electron chi connectivity index (χ2n) is 7.68. The number of hydrogen-bond acceptors (Lipinski definition) is 8. The highest BCUT2D eigenvalue weighted by Gasteiger charge is 2.37. The first-order valence-electron chi connectivity index (χ1n) is 10.6. The van der Waals surface area contributed by atoms with Gasteiger partial charge in [-0.15, -0.1) is 0 Å². The van der Waals surface area contributed by atoms with Gasteiger partial charge in [0.1, 0.15) is 10.5 Å². The number of nitrogens with one attached hydrogen (secondary N) is 1. The van der Waals surface area contributed by atoms with Gasteiger partial charge in [0, 0.05) is 5.02 Å². The van der Waals surface area contributed by atoms with E-state index in [2.05, 4.69) is 10.1 Å². The number of amides is 4. The third-order valence-electron chi connectivity index (χ3n) is 5.22. The third-order valence-corrected chi connectivity index (χ3v) is 7.01. The fourth-order valence-corrected chi connectivity index (χ4v) is 4.71. The third kappa shape index (κ3) is 5.54. The van der Waals surface area contributed by atoms with Gasteiger partial charge < -0.3 is 8.92 Å². The number of urea groups is 1. The van der Waals surface area contributed by atoms with E-state index in [0.717, 1.165) is 4.90 Å². The summed E-state index contributed by atoms with van der Waals surface area (Å²) >= 11 is 12.0. The Balaban J connectivity index is 1.60. The van der Waals surface area contributed by atoms with E-state index in [-0.39, 0.29) is 38.1 Å². The first-order valence-corrected chi connectivity index (χ1v) is 12.8. The second-order valence-corrected chi connectivity index (χ2v) is 10.1. The quantitative estimate of drug-likeness (QED) is 0.200. The number of benzene rings is 3. The van der Waals surface area contributed by atoms with Crippen LogP contribution in [-0.4, -0.2) is 39.3 Å². The predicted octanol–water partition coefficient (Wildman–Crippen LogP) is 4.21. The minimum absolute atomic E-state index is 0.104. The summed E-state index contributed by atoms with van der Waals surface area (Å²) in [6.45, 7) is 0. The highest BCUT2D eigenvalue weighted by Crippen LogP contribution is 2.30. The van der Waals surface area contributed by atoms with Crippen molar-refractivity contribution in [1.82, 2.24) is 5.32 Å². The van der Waals surface area contributed by atoms with Crippen LogP contribution in [-0.2, 0) is 24.4 Å². The fourth-order valence-electron chi connectivity index (χ4n) is 3.37. The molecule has 3 aromatic carbocycles. The van der Waals surface area contributed by atoms with Crippen molar-refractivity contribution in [1.29, 1.82) is 0 Å². The molecule has 1 saturated heterocycles. The molecule has 1 aliphatic heterocycles. The predicted molar refractivity (Wildman–Crippen MR) is 138 cm³/mol. The molecule has 0 spiro atoms. The van der Waals surface area contributed by atoms with Crippen LogP contribution in [0.3, 0.4) is 0 Å². The highest BCUT2D eigenvalue weighted by molar-refractivity contribution is 7.87. The number of nitrogens with zero attached hydrogens (tertiary/aromatic N) is 1. The molecule has 1 heterocycles. The van der Waals surface area contributed by atoms with Crippen LogP contribution in [0.4, 0.5) is 10.5 Å². The summed E-state index contributed by atoms with van der Waals surface area (Å²) in [7, 11) is -3.00. The van der Waals surface area contributed by atoms with Crippen molar-refractivity contribution in [3.05, 3.63) is 93.5 Å². The lowest BCUT2D eigenvalue weighted by Gasteiger charge is -2.26. The van der Waals surface area contributed by atoms with Crippen molar-refractivity contribution in [2.75, 3.05) is 12.0 Å². The topological polar surface area (TPSA) is 136 Å². The van der Waals surface area contributed by atoms with Crippen molar-refractivity contribution in [2.45, 2.75) is 4.90 Å². The molecule has 4 rings (SSSR count). The maximum absolute atomic E-state index is 13.1. The van der Waals surface area contributed by atoms with Gasteiger partial charge in [-0.3, -0.25) is 14.9 Å². The number of ether oxygens (including phenoxy) is 1. The van der Waals surface area contributed by atoms with Gasteiger partial charge in [0.15, 0.2) is 5.75 Å². The first kappa shape index (κ1) is 26.9. The molecule has 194 valence electrons. The number of methoxy groups -OCH3 is 1. The molecule has 0 saturated carbocycles. The number of rotatable bonds is 6. The molecular formula is C25H16Cl2N2O8S. The smallest absolute Gasteiger partial charge is 0.339 e. The minimum atomic E-state index is -4.21. The summed E-state index contributed by atoms with van der Waals surface area (Å²) in [6, 6.07) is 13.7. The van der Waals surface area contributed by atoms with Crippen molar-refractivity contribution < 1.29 is 36.5 Å². The molecule has 0 aliphatic carbocycles. The summed E-state index contributed by atoms with van der Waals surface area (Å²) in [5, 5.41) is 2.31. The van der Waals surface area contributed by atoms with Crippen LogP contribution in [0.15, 0.2) is 77.2 Å². The van der Waals surface area contributed by atoms with Gasteiger partial charge in [-0.1, -0.05) is 29.3 Å². The zero-order valence-corrected chi connectivity index (χ0v) is 21.6. The number of anilines is 1. The average molecular weight is 575 g/mol. The molecule has 1 aliphatic rings. The Kier molecular flexibility index (Phi) is 7.53. The molecule has 0 unspecified atom stereocenters. The van der Waals surface area contributed by atoms with Crippen molar-refractivity contribution in [3.63, 3.8) is 0 Å². The molecule has 0 bridgehead atoms. The lowest BCUT2D eigenvalue weighted by Crippen LogP contribution is -2.54. The zero-order chi connectivity index (χ0) is 27.6. The molecule has 3 aromatic rings. The van der Waals surface area contributed by atoms with Crippen LogP contribution < -0.4 is 14.4 Å². The molecule has 4 amide bonds. The van der Waals surface area contributed by atoms with E-state index in [9.17, 15) is 27.6 Å². The summed E-state index contributed by atoms with van der Waals surface area (Å²) < 4.78 is 34.8. The molecular weight excluding hydrogens is 559 g/mol. The van der Waals surface area contributed by atoms with Crippen LogP contribution in [0, 0.1) is 0 Å². The van der Waals surface area contributed by atoms with Crippen LogP contribution >= 0.6 is 23.2 Å². The minimum Gasteiger partial charge on any atom is -0.465 e. The van der Waals surface area contributed by atoms with E-state index >= 15 is 0 Å². The molecule has 13 heteroatoms. The summed E-state index contributed by atoms with van der Waals surface area (Å²) in [6.07, 6.45) is 1.18. The van der Waals surface area contributed by atoms with Crippen LogP contribution in [0.1, 0.15) is 15.9 Å². The van der Waals surface area contributed by atoms with Gasteiger partial charge in [0.2, 0.25) is 0 Å². The number of carbonyl (C=O) groups excluding carboxylic acids is 4. The van der Waals surface area contributed by atoms with E-state index in [4.69, 9.17) is 27.4 Å². The first-order chi connectivity index (χ1) is 18.0. The summed E-state index contributed by atoms with van der Waals surface area (Å²) in [4.78, 5) is 50.2. The SMILES string of the molecule is COC(=O)c1ccc(N2C(=O)NC(=O)/C(=C\c3ccc(OS(=O)(=O)c4ccc(Cl)cc4)c(Cl)c3)C2=O)cc1. The maximum atomic E-state index is 13.1. The number of carbonyl (C=O) groups is 4. The number of esters is 1. The highest BCUT2D eigenvalue weighted by atomic mass is 35.5. The Labute approximate surface area is 226 Å². The molecule has 1 fully saturated rings. The van der Waals surface area contributed by atoms with Gasteiger partial charge in [-0.25, -0.2) is 14.5 Å². The molecule has 10 nitrogen and oxygen atoms in total. The van der Waals surface area contributed by atoms with Gasteiger partial charge in [0.25, 0.3) is 11.8 Å². The van der Waals surface area contributed by atoms with E-state index in [0.29, 0.717) is 5.02 Å². The Morgan fingerprint density at radius 2 is 1.61 bits per heavy atom. The van der Waals surface area contributed by atoms with Crippen LogP contribution in [0.2, 0.25) is 10.0 Å². The van der Waals surface area contributed by atoms with Gasteiger partial charge >= 0.3 is 22.1 Å². The second kappa shape index (κ2) is 10.7. The summed E-state index contributed by atoms with van der Waals surface area (Å²) in [5.41, 5.74) is 0.163. The van der Waals surface area contributed by atoms with Crippen LogP contribution in [0.25, 0.3) is 6.08 Å².